The summed E-state index contributed by atoms with van der Waals surface area (Å²) in [5, 5.41) is 10.0. The molecule has 1 fully saturated rings. The number of hydrogen-bond acceptors (Lipinski definition) is 3. The van der Waals surface area contributed by atoms with E-state index in [2.05, 4.69) is 23.7 Å². The van der Waals surface area contributed by atoms with Gasteiger partial charge in [0.1, 0.15) is 5.82 Å². The Morgan fingerprint density at radius 1 is 1.39 bits per heavy atom. The fourth-order valence-electron chi connectivity index (χ4n) is 2.97. The third kappa shape index (κ3) is 1.68. The summed E-state index contributed by atoms with van der Waals surface area (Å²) < 4.78 is 1.87. The molecule has 0 aromatic carbocycles. The van der Waals surface area contributed by atoms with E-state index in [9.17, 15) is 5.11 Å². The number of pyridine rings is 1. The minimum absolute atomic E-state index is 0.274. The van der Waals surface area contributed by atoms with Gasteiger partial charge in [-0.3, -0.25) is 9.30 Å². The van der Waals surface area contributed by atoms with E-state index >= 15 is 0 Å². The first-order valence-corrected chi connectivity index (χ1v) is 6.59. The van der Waals surface area contributed by atoms with Crippen molar-refractivity contribution >= 4 is 5.52 Å². The summed E-state index contributed by atoms with van der Waals surface area (Å²) in [5.74, 6) is 1.24. The van der Waals surface area contributed by atoms with Crippen LogP contribution in [-0.2, 0) is 0 Å². The van der Waals surface area contributed by atoms with Gasteiger partial charge in [-0.05, 0) is 45.4 Å². The lowest BCUT2D eigenvalue weighted by molar-refractivity contribution is 0.197. The van der Waals surface area contributed by atoms with Crippen molar-refractivity contribution in [3.8, 4) is 5.88 Å². The van der Waals surface area contributed by atoms with Crippen LogP contribution < -0.4 is 0 Å². The van der Waals surface area contributed by atoms with Gasteiger partial charge in [0, 0.05) is 6.04 Å². The van der Waals surface area contributed by atoms with Crippen LogP contribution >= 0.6 is 0 Å². The van der Waals surface area contributed by atoms with Crippen molar-refractivity contribution in [2.75, 3.05) is 6.54 Å². The minimum atomic E-state index is 0.274. The number of likely N-dealkylation sites (tertiary alicyclic amines) is 1. The van der Waals surface area contributed by atoms with E-state index in [0.717, 1.165) is 24.3 Å². The summed E-state index contributed by atoms with van der Waals surface area (Å²) in [7, 11) is 0. The molecule has 2 aromatic heterocycles. The number of fused-ring (bicyclic) bond motifs is 1. The molecule has 0 radical (unpaired) electrons. The molecule has 1 aliphatic rings. The molecule has 96 valence electrons. The van der Waals surface area contributed by atoms with Crippen LogP contribution in [0, 0.1) is 0 Å². The summed E-state index contributed by atoms with van der Waals surface area (Å²) in [6.07, 6.45) is 4.16. The van der Waals surface area contributed by atoms with Crippen molar-refractivity contribution in [1.82, 2.24) is 14.3 Å². The topological polar surface area (TPSA) is 40.8 Å². The molecule has 1 N–H and O–H groups in total. The first kappa shape index (κ1) is 11.5. The molecule has 2 aromatic rings. The molecule has 4 heteroatoms. The van der Waals surface area contributed by atoms with E-state index in [1.54, 1.807) is 6.07 Å². The van der Waals surface area contributed by atoms with Gasteiger partial charge in [-0.15, -0.1) is 0 Å². The fraction of sp³-hybridized carbons (Fsp3) is 0.500. The van der Waals surface area contributed by atoms with Crippen LogP contribution in [-0.4, -0.2) is 32.0 Å². The van der Waals surface area contributed by atoms with E-state index < -0.39 is 0 Å². The summed E-state index contributed by atoms with van der Waals surface area (Å²) in [4.78, 5) is 6.99. The molecule has 1 aliphatic heterocycles. The smallest absolute Gasteiger partial charge is 0.197 e. The average molecular weight is 245 g/mol. The molecule has 0 saturated carbocycles. The quantitative estimate of drug-likeness (QED) is 0.884. The average Bonchev–Trinajstić information content (AvgIpc) is 2.94. The number of hydrogen-bond donors (Lipinski definition) is 1. The molecule has 0 bridgehead atoms. The molecule has 18 heavy (non-hydrogen) atoms. The number of aromatic hydroxyl groups is 1. The van der Waals surface area contributed by atoms with E-state index in [1.807, 2.05) is 22.7 Å². The van der Waals surface area contributed by atoms with Gasteiger partial charge >= 0.3 is 0 Å². The Bertz CT molecular complexity index is 561. The highest BCUT2D eigenvalue weighted by Gasteiger charge is 2.31. The lowest BCUT2D eigenvalue weighted by Crippen LogP contribution is -2.31. The lowest BCUT2D eigenvalue weighted by Gasteiger charge is -2.27. The van der Waals surface area contributed by atoms with Crippen LogP contribution in [0.15, 0.2) is 24.4 Å². The number of nitrogens with zero attached hydrogens (tertiary/aromatic N) is 3. The highest BCUT2D eigenvalue weighted by atomic mass is 16.3. The molecule has 3 rings (SSSR count). The normalized spacial score (nSPS) is 21.2. The van der Waals surface area contributed by atoms with Crippen LogP contribution in [0.25, 0.3) is 5.52 Å². The number of aromatic nitrogens is 2. The monoisotopic (exact) mass is 245 g/mol. The molecule has 4 nitrogen and oxygen atoms in total. The Kier molecular flexibility index (Phi) is 2.74. The summed E-state index contributed by atoms with van der Waals surface area (Å²) in [6, 6.07) is 6.37. The maximum Gasteiger partial charge on any atom is 0.197 e. The van der Waals surface area contributed by atoms with Crippen molar-refractivity contribution in [3.05, 3.63) is 30.2 Å². The van der Waals surface area contributed by atoms with Crippen LogP contribution in [0.3, 0.4) is 0 Å². The van der Waals surface area contributed by atoms with Crippen LogP contribution in [0.5, 0.6) is 5.88 Å². The largest absolute Gasteiger partial charge is 0.494 e. The Hall–Kier alpha value is -1.55. The fourth-order valence-corrected chi connectivity index (χ4v) is 2.97. The SMILES string of the molecule is CC(C)N1CCCC1c1ncc2cccc(O)n12. The Labute approximate surface area is 107 Å². The molecule has 1 saturated heterocycles. The van der Waals surface area contributed by atoms with E-state index in [0.29, 0.717) is 12.1 Å². The zero-order chi connectivity index (χ0) is 12.7. The molecule has 0 aliphatic carbocycles. The van der Waals surface area contributed by atoms with Gasteiger partial charge in [0.05, 0.1) is 17.8 Å². The van der Waals surface area contributed by atoms with Gasteiger partial charge in [0.15, 0.2) is 5.88 Å². The molecular formula is C14H19N3O. The van der Waals surface area contributed by atoms with Crippen LogP contribution in [0.1, 0.15) is 38.6 Å². The van der Waals surface area contributed by atoms with Crippen molar-refractivity contribution in [2.24, 2.45) is 0 Å². The number of rotatable bonds is 2. The van der Waals surface area contributed by atoms with Gasteiger partial charge in [-0.25, -0.2) is 4.98 Å². The highest BCUT2D eigenvalue weighted by Crippen LogP contribution is 2.34. The first-order valence-electron chi connectivity index (χ1n) is 6.59. The van der Waals surface area contributed by atoms with E-state index in [1.165, 1.54) is 6.42 Å². The van der Waals surface area contributed by atoms with E-state index in [-0.39, 0.29) is 5.88 Å². The second kappa shape index (κ2) is 4.28. The Morgan fingerprint density at radius 3 is 3.00 bits per heavy atom. The maximum absolute atomic E-state index is 10.0. The Morgan fingerprint density at radius 2 is 2.22 bits per heavy atom. The van der Waals surface area contributed by atoms with Crippen molar-refractivity contribution < 1.29 is 5.11 Å². The molecule has 0 spiro atoms. The number of imidazole rings is 1. The maximum atomic E-state index is 10.0. The zero-order valence-electron chi connectivity index (χ0n) is 10.9. The van der Waals surface area contributed by atoms with Crippen LogP contribution in [0.4, 0.5) is 0 Å². The molecule has 1 unspecified atom stereocenters. The summed E-state index contributed by atoms with van der Waals surface area (Å²) >= 11 is 0. The first-order chi connectivity index (χ1) is 8.68. The molecule has 3 heterocycles. The molecular weight excluding hydrogens is 226 g/mol. The van der Waals surface area contributed by atoms with Gasteiger partial charge in [0.25, 0.3) is 0 Å². The summed E-state index contributed by atoms with van der Waals surface area (Å²) in [6.45, 7) is 5.55. The lowest BCUT2D eigenvalue weighted by atomic mass is 10.2. The summed E-state index contributed by atoms with van der Waals surface area (Å²) in [5.41, 5.74) is 0.959. The van der Waals surface area contributed by atoms with Gasteiger partial charge in [0.2, 0.25) is 0 Å². The van der Waals surface area contributed by atoms with Crippen molar-refractivity contribution in [1.29, 1.82) is 0 Å². The highest BCUT2D eigenvalue weighted by molar-refractivity contribution is 5.49. The predicted octanol–water partition coefficient (Wildman–Crippen LogP) is 2.59. The standard InChI is InChI=1S/C14H19N3O/c1-10(2)16-8-4-6-12(16)14-15-9-11-5-3-7-13(18)17(11)14/h3,5,7,9-10,12,18H,4,6,8H2,1-2H3. The van der Waals surface area contributed by atoms with E-state index in [4.69, 9.17) is 0 Å². The minimum Gasteiger partial charge on any atom is -0.494 e. The molecule has 0 amide bonds. The van der Waals surface area contributed by atoms with Crippen molar-refractivity contribution in [3.63, 3.8) is 0 Å². The zero-order valence-corrected chi connectivity index (χ0v) is 10.9. The second-order valence-corrected chi connectivity index (χ2v) is 5.25. The van der Waals surface area contributed by atoms with Gasteiger partial charge < -0.3 is 5.11 Å². The third-order valence-corrected chi connectivity index (χ3v) is 3.81. The predicted molar refractivity (Wildman–Crippen MR) is 70.7 cm³/mol. The third-order valence-electron chi connectivity index (χ3n) is 3.81. The molecule has 1 atom stereocenters. The second-order valence-electron chi connectivity index (χ2n) is 5.25. The van der Waals surface area contributed by atoms with Gasteiger partial charge in [-0.1, -0.05) is 6.07 Å². The van der Waals surface area contributed by atoms with Crippen molar-refractivity contribution in [2.45, 2.75) is 38.8 Å². The van der Waals surface area contributed by atoms with Gasteiger partial charge in [-0.2, -0.15) is 0 Å². The van der Waals surface area contributed by atoms with Crippen LogP contribution in [0.2, 0.25) is 0 Å². The Balaban J connectivity index is 2.09.